The monoisotopic (exact) mass is 289 g/mol. The lowest BCUT2D eigenvalue weighted by Gasteiger charge is -2.27. The first-order valence-electron chi connectivity index (χ1n) is 6.76. The predicted octanol–water partition coefficient (Wildman–Crippen LogP) is 1.80. The SMILES string of the molecule is CSc1ncc2c(n1)CCN(Cc1cn(C)nc1C)C2. The molecule has 3 rings (SSSR count). The maximum absolute atomic E-state index is 4.60. The van der Waals surface area contributed by atoms with E-state index in [-0.39, 0.29) is 0 Å². The van der Waals surface area contributed by atoms with Crippen molar-refractivity contribution in [3.8, 4) is 0 Å². The van der Waals surface area contributed by atoms with E-state index in [9.17, 15) is 0 Å². The minimum absolute atomic E-state index is 0.875. The van der Waals surface area contributed by atoms with E-state index in [2.05, 4.69) is 33.1 Å². The van der Waals surface area contributed by atoms with Crippen molar-refractivity contribution in [2.24, 2.45) is 7.05 Å². The summed E-state index contributed by atoms with van der Waals surface area (Å²) >= 11 is 1.60. The van der Waals surface area contributed by atoms with Crippen molar-refractivity contribution in [1.29, 1.82) is 0 Å². The Bertz CT molecular complexity index is 622. The molecule has 6 heteroatoms. The van der Waals surface area contributed by atoms with Gasteiger partial charge in [-0.2, -0.15) is 5.10 Å². The van der Waals surface area contributed by atoms with Gasteiger partial charge in [0.15, 0.2) is 5.16 Å². The molecule has 2 aromatic heterocycles. The third kappa shape index (κ3) is 2.71. The van der Waals surface area contributed by atoms with Crippen LogP contribution in [0.1, 0.15) is 22.5 Å². The van der Waals surface area contributed by atoms with Crippen molar-refractivity contribution in [3.05, 3.63) is 34.9 Å². The van der Waals surface area contributed by atoms with Gasteiger partial charge in [0.2, 0.25) is 0 Å². The zero-order chi connectivity index (χ0) is 14.1. The fraction of sp³-hybridized carbons (Fsp3) is 0.500. The molecule has 0 radical (unpaired) electrons. The normalized spacial score (nSPS) is 15.3. The molecule has 2 aromatic rings. The number of nitrogens with zero attached hydrogens (tertiary/aromatic N) is 5. The zero-order valence-electron chi connectivity index (χ0n) is 12.1. The van der Waals surface area contributed by atoms with Gasteiger partial charge in [-0.25, -0.2) is 9.97 Å². The van der Waals surface area contributed by atoms with E-state index in [1.54, 1.807) is 11.8 Å². The van der Waals surface area contributed by atoms with Crippen LogP contribution in [0, 0.1) is 6.92 Å². The second-order valence-electron chi connectivity index (χ2n) is 5.20. The lowest BCUT2D eigenvalue weighted by molar-refractivity contribution is 0.241. The van der Waals surface area contributed by atoms with Crippen molar-refractivity contribution in [1.82, 2.24) is 24.6 Å². The fourth-order valence-corrected chi connectivity index (χ4v) is 2.99. The Labute approximate surface area is 123 Å². The van der Waals surface area contributed by atoms with Gasteiger partial charge in [-0.15, -0.1) is 0 Å². The molecule has 0 bridgehead atoms. The summed E-state index contributed by atoms with van der Waals surface area (Å²) in [4.78, 5) is 11.4. The quantitative estimate of drug-likeness (QED) is 0.637. The molecule has 0 saturated carbocycles. The summed E-state index contributed by atoms with van der Waals surface area (Å²) in [6.07, 6.45) is 7.11. The first kappa shape index (κ1) is 13.6. The fourth-order valence-electron chi connectivity index (χ4n) is 2.63. The lowest BCUT2D eigenvalue weighted by atomic mass is 10.1. The van der Waals surface area contributed by atoms with Crippen LogP contribution in [0.25, 0.3) is 0 Å². The lowest BCUT2D eigenvalue weighted by Crippen LogP contribution is -2.31. The van der Waals surface area contributed by atoms with E-state index in [4.69, 9.17) is 0 Å². The van der Waals surface area contributed by atoms with Gasteiger partial charge in [0.25, 0.3) is 0 Å². The maximum Gasteiger partial charge on any atom is 0.187 e. The molecular formula is C14H19N5S. The van der Waals surface area contributed by atoms with Crippen molar-refractivity contribution in [3.63, 3.8) is 0 Å². The highest BCUT2D eigenvalue weighted by molar-refractivity contribution is 7.98. The Morgan fingerprint density at radius 3 is 2.95 bits per heavy atom. The highest BCUT2D eigenvalue weighted by Gasteiger charge is 2.19. The number of fused-ring (bicyclic) bond motifs is 1. The van der Waals surface area contributed by atoms with Crippen LogP contribution < -0.4 is 0 Å². The van der Waals surface area contributed by atoms with Gasteiger partial charge in [-0.3, -0.25) is 9.58 Å². The van der Waals surface area contributed by atoms with Gasteiger partial charge in [-0.1, -0.05) is 11.8 Å². The molecule has 1 aliphatic rings. The first-order chi connectivity index (χ1) is 9.65. The molecular weight excluding hydrogens is 270 g/mol. The van der Waals surface area contributed by atoms with E-state index in [0.29, 0.717) is 0 Å². The molecule has 0 saturated heterocycles. The molecule has 0 spiro atoms. The van der Waals surface area contributed by atoms with Gasteiger partial charge in [0, 0.05) is 56.6 Å². The molecule has 0 aromatic carbocycles. The zero-order valence-corrected chi connectivity index (χ0v) is 12.9. The van der Waals surface area contributed by atoms with Crippen LogP contribution in [0.5, 0.6) is 0 Å². The van der Waals surface area contributed by atoms with Gasteiger partial charge >= 0.3 is 0 Å². The second kappa shape index (κ2) is 5.54. The summed E-state index contributed by atoms with van der Waals surface area (Å²) in [5.41, 5.74) is 4.89. The minimum Gasteiger partial charge on any atom is -0.294 e. The summed E-state index contributed by atoms with van der Waals surface area (Å²) in [5.74, 6) is 0. The van der Waals surface area contributed by atoms with Gasteiger partial charge in [0.1, 0.15) is 0 Å². The summed E-state index contributed by atoms with van der Waals surface area (Å²) in [7, 11) is 1.97. The maximum atomic E-state index is 4.60. The third-order valence-corrected chi connectivity index (χ3v) is 4.24. The molecule has 20 heavy (non-hydrogen) atoms. The van der Waals surface area contributed by atoms with E-state index in [1.807, 2.05) is 24.2 Å². The Morgan fingerprint density at radius 1 is 1.40 bits per heavy atom. The standard InChI is InChI=1S/C14H19N5S/c1-10-12(7-18(2)17-10)9-19-5-4-13-11(8-19)6-15-14(16-13)20-3/h6-7H,4-5,8-9H2,1-3H3. The summed E-state index contributed by atoms with van der Waals surface area (Å²) in [6, 6.07) is 0. The molecule has 0 fully saturated rings. The molecule has 0 amide bonds. The summed E-state index contributed by atoms with van der Waals surface area (Å²) in [5, 5.41) is 5.28. The van der Waals surface area contributed by atoms with Crippen molar-refractivity contribution < 1.29 is 0 Å². The van der Waals surface area contributed by atoms with Crippen LogP contribution in [-0.2, 0) is 26.6 Å². The van der Waals surface area contributed by atoms with E-state index in [0.717, 1.165) is 36.9 Å². The highest BCUT2D eigenvalue weighted by Crippen LogP contribution is 2.21. The van der Waals surface area contributed by atoms with E-state index < -0.39 is 0 Å². The predicted molar refractivity (Wildman–Crippen MR) is 79.6 cm³/mol. The van der Waals surface area contributed by atoms with Crippen LogP contribution in [-0.4, -0.2) is 37.4 Å². The van der Waals surface area contributed by atoms with Crippen LogP contribution in [0.15, 0.2) is 17.6 Å². The van der Waals surface area contributed by atoms with Crippen LogP contribution >= 0.6 is 11.8 Å². The summed E-state index contributed by atoms with van der Waals surface area (Å²) in [6.45, 7) is 5.00. The molecule has 1 aliphatic heterocycles. The molecule has 5 nitrogen and oxygen atoms in total. The van der Waals surface area contributed by atoms with E-state index in [1.165, 1.54) is 16.8 Å². The number of thioether (sulfide) groups is 1. The average molecular weight is 289 g/mol. The number of aryl methyl sites for hydroxylation is 2. The molecule has 0 unspecified atom stereocenters. The second-order valence-corrected chi connectivity index (χ2v) is 5.98. The first-order valence-corrected chi connectivity index (χ1v) is 7.98. The average Bonchev–Trinajstić information content (AvgIpc) is 2.76. The highest BCUT2D eigenvalue weighted by atomic mass is 32.2. The molecule has 0 atom stereocenters. The van der Waals surface area contributed by atoms with Crippen LogP contribution in [0.3, 0.4) is 0 Å². The number of hydrogen-bond donors (Lipinski definition) is 0. The van der Waals surface area contributed by atoms with Crippen molar-refractivity contribution in [2.45, 2.75) is 31.6 Å². The topological polar surface area (TPSA) is 46.8 Å². The summed E-state index contributed by atoms with van der Waals surface area (Å²) < 4.78 is 1.89. The molecule has 0 N–H and O–H groups in total. The van der Waals surface area contributed by atoms with Crippen LogP contribution in [0.2, 0.25) is 0 Å². The van der Waals surface area contributed by atoms with Crippen molar-refractivity contribution >= 4 is 11.8 Å². The largest absolute Gasteiger partial charge is 0.294 e. The third-order valence-electron chi connectivity index (χ3n) is 3.68. The van der Waals surface area contributed by atoms with Gasteiger partial charge in [0.05, 0.1) is 11.4 Å². The Morgan fingerprint density at radius 2 is 2.25 bits per heavy atom. The number of rotatable bonds is 3. The number of aromatic nitrogens is 4. The Hall–Kier alpha value is -1.40. The van der Waals surface area contributed by atoms with Crippen LogP contribution in [0.4, 0.5) is 0 Å². The van der Waals surface area contributed by atoms with Gasteiger partial charge < -0.3 is 0 Å². The Kier molecular flexibility index (Phi) is 3.76. The minimum atomic E-state index is 0.875. The Balaban J connectivity index is 1.74. The smallest absolute Gasteiger partial charge is 0.187 e. The van der Waals surface area contributed by atoms with Gasteiger partial charge in [-0.05, 0) is 13.2 Å². The van der Waals surface area contributed by atoms with E-state index >= 15 is 0 Å². The van der Waals surface area contributed by atoms with Crippen molar-refractivity contribution in [2.75, 3.05) is 12.8 Å². The molecule has 0 aliphatic carbocycles. The number of hydrogen-bond acceptors (Lipinski definition) is 5. The molecule has 3 heterocycles. The molecule has 106 valence electrons.